The molecule has 6 nitrogen and oxygen atoms in total. The zero-order valence-electron chi connectivity index (χ0n) is 12.1. The molecule has 0 saturated heterocycles. The Bertz CT molecular complexity index is 591. The van der Waals surface area contributed by atoms with Crippen LogP contribution in [0.25, 0.3) is 0 Å². The minimum atomic E-state index is 0.425. The van der Waals surface area contributed by atoms with E-state index in [9.17, 15) is 0 Å². The minimum Gasteiger partial charge on any atom is -0.481 e. The Morgan fingerprint density at radius 1 is 1.40 bits per heavy atom. The molecule has 0 amide bonds. The molecule has 0 atom stereocenters. The fourth-order valence-electron chi connectivity index (χ4n) is 2.12. The number of ether oxygens (including phenoxy) is 1. The van der Waals surface area contributed by atoms with Crippen LogP contribution in [-0.2, 0) is 20.0 Å². The maximum absolute atomic E-state index is 5.92. The predicted molar refractivity (Wildman–Crippen MR) is 78.2 cm³/mol. The molecule has 0 unspecified atom stereocenters. The van der Waals surface area contributed by atoms with Gasteiger partial charge in [-0.1, -0.05) is 18.5 Å². The van der Waals surface area contributed by atoms with E-state index < -0.39 is 0 Å². The topological polar surface area (TPSA) is 64.9 Å². The van der Waals surface area contributed by atoms with Crippen molar-refractivity contribution in [2.75, 3.05) is 12.4 Å². The number of hydrogen-bond donors (Lipinski definition) is 1. The van der Waals surface area contributed by atoms with Crippen LogP contribution in [0.2, 0.25) is 5.15 Å². The second-order valence-corrected chi connectivity index (χ2v) is 4.78. The van der Waals surface area contributed by atoms with Crippen LogP contribution in [0.1, 0.15) is 24.0 Å². The van der Waals surface area contributed by atoms with Crippen molar-refractivity contribution in [2.45, 2.75) is 26.8 Å². The molecule has 0 fully saturated rings. The Morgan fingerprint density at radius 3 is 2.75 bits per heavy atom. The number of hydrogen-bond acceptors (Lipinski definition) is 5. The Balaban J connectivity index is 2.22. The lowest BCUT2D eigenvalue weighted by Gasteiger charge is -2.08. The molecule has 20 heavy (non-hydrogen) atoms. The van der Waals surface area contributed by atoms with Crippen molar-refractivity contribution < 1.29 is 4.74 Å². The standard InChI is InChI=1S/C13H18ClN5O/c1-5-10-9(13(20-4)19(3)18-10)7-15-12-6-11(14)16-8(2)17-12/h6H,5,7H2,1-4H3,(H,15,16,17). The fourth-order valence-corrected chi connectivity index (χ4v) is 2.35. The van der Waals surface area contributed by atoms with Crippen molar-refractivity contribution in [1.82, 2.24) is 19.7 Å². The van der Waals surface area contributed by atoms with Gasteiger partial charge in [-0.2, -0.15) is 5.10 Å². The fraction of sp³-hybridized carbons (Fsp3) is 0.462. The van der Waals surface area contributed by atoms with Crippen molar-refractivity contribution in [3.8, 4) is 5.88 Å². The number of aryl methyl sites for hydroxylation is 3. The molecule has 2 aromatic rings. The van der Waals surface area contributed by atoms with Gasteiger partial charge < -0.3 is 10.1 Å². The number of nitrogens with one attached hydrogen (secondary N) is 1. The van der Waals surface area contributed by atoms with Gasteiger partial charge in [0.05, 0.1) is 18.4 Å². The van der Waals surface area contributed by atoms with Gasteiger partial charge in [0.25, 0.3) is 0 Å². The van der Waals surface area contributed by atoms with E-state index in [4.69, 9.17) is 16.3 Å². The highest BCUT2D eigenvalue weighted by atomic mass is 35.5. The summed E-state index contributed by atoms with van der Waals surface area (Å²) in [6.07, 6.45) is 0.845. The lowest BCUT2D eigenvalue weighted by Crippen LogP contribution is -2.06. The van der Waals surface area contributed by atoms with Crippen LogP contribution >= 0.6 is 11.6 Å². The molecule has 0 radical (unpaired) electrons. The molecule has 1 N–H and O–H groups in total. The molecule has 7 heteroatoms. The summed E-state index contributed by atoms with van der Waals surface area (Å²) in [7, 11) is 3.51. The summed E-state index contributed by atoms with van der Waals surface area (Å²) < 4.78 is 7.14. The summed E-state index contributed by atoms with van der Waals surface area (Å²) in [6.45, 7) is 4.45. The zero-order chi connectivity index (χ0) is 14.7. The predicted octanol–water partition coefficient (Wildman–Crippen LogP) is 2.36. The molecule has 2 rings (SSSR count). The number of rotatable bonds is 5. The third-order valence-corrected chi connectivity index (χ3v) is 3.15. The van der Waals surface area contributed by atoms with Crippen molar-refractivity contribution in [3.05, 3.63) is 28.3 Å². The van der Waals surface area contributed by atoms with Crippen LogP contribution in [0.5, 0.6) is 5.88 Å². The number of nitrogens with zero attached hydrogens (tertiary/aromatic N) is 4. The summed E-state index contributed by atoms with van der Waals surface area (Å²) in [5.41, 5.74) is 2.04. The van der Waals surface area contributed by atoms with E-state index in [-0.39, 0.29) is 0 Å². The molecular weight excluding hydrogens is 278 g/mol. The van der Waals surface area contributed by atoms with E-state index in [0.717, 1.165) is 23.6 Å². The number of halogens is 1. The molecule has 0 aliphatic rings. The van der Waals surface area contributed by atoms with Gasteiger partial charge in [-0.05, 0) is 13.3 Å². The molecule has 108 valence electrons. The average Bonchev–Trinajstić information content (AvgIpc) is 2.70. The average molecular weight is 296 g/mol. The zero-order valence-corrected chi connectivity index (χ0v) is 12.8. The van der Waals surface area contributed by atoms with Gasteiger partial charge in [0, 0.05) is 19.7 Å². The molecule has 0 aromatic carbocycles. The molecule has 0 saturated carbocycles. The second kappa shape index (κ2) is 6.09. The van der Waals surface area contributed by atoms with Gasteiger partial charge in [-0.15, -0.1) is 0 Å². The SMILES string of the molecule is CCc1nn(C)c(OC)c1CNc1cc(Cl)nc(C)n1. The van der Waals surface area contributed by atoms with E-state index in [1.165, 1.54) is 0 Å². The van der Waals surface area contributed by atoms with Crippen LogP contribution in [-0.4, -0.2) is 26.9 Å². The summed E-state index contributed by atoms with van der Waals surface area (Å²) in [6, 6.07) is 1.70. The molecule has 0 bridgehead atoms. The van der Waals surface area contributed by atoms with E-state index in [2.05, 4.69) is 27.3 Å². The summed E-state index contributed by atoms with van der Waals surface area (Å²) in [5.74, 6) is 2.08. The van der Waals surface area contributed by atoms with Crippen molar-refractivity contribution in [3.63, 3.8) is 0 Å². The van der Waals surface area contributed by atoms with Crippen LogP contribution in [0.4, 0.5) is 5.82 Å². The highest BCUT2D eigenvalue weighted by Crippen LogP contribution is 2.23. The lowest BCUT2D eigenvalue weighted by atomic mass is 10.2. The van der Waals surface area contributed by atoms with E-state index in [1.807, 2.05) is 7.05 Å². The first-order chi connectivity index (χ1) is 9.55. The van der Waals surface area contributed by atoms with E-state index in [1.54, 1.807) is 24.8 Å². The Morgan fingerprint density at radius 2 is 2.15 bits per heavy atom. The van der Waals surface area contributed by atoms with Crippen molar-refractivity contribution in [2.24, 2.45) is 7.05 Å². The van der Waals surface area contributed by atoms with Gasteiger partial charge >= 0.3 is 0 Å². The van der Waals surface area contributed by atoms with Gasteiger partial charge in [0.15, 0.2) is 0 Å². The summed E-state index contributed by atoms with van der Waals surface area (Å²) in [5, 5.41) is 8.10. The van der Waals surface area contributed by atoms with Gasteiger partial charge in [0.2, 0.25) is 5.88 Å². The monoisotopic (exact) mass is 295 g/mol. The molecule has 0 aliphatic heterocycles. The van der Waals surface area contributed by atoms with E-state index >= 15 is 0 Å². The van der Waals surface area contributed by atoms with E-state index in [0.29, 0.717) is 23.3 Å². The second-order valence-electron chi connectivity index (χ2n) is 4.39. The molecule has 0 aliphatic carbocycles. The van der Waals surface area contributed by atoms with Gasteiger partial charge in [-0.25, -0.2) is 14.6 Å². The minimum absolute atomic E-state index is 0.425. The normalized spacial score (nSPS) is 10.7. The molecule has 2 heterocycles. The number of methoxy groups -OCH3 is 1. The Kier molecular flexibility index (Phi) is 4.44. The van der Waals surface area contributed by atoms with Gasteiger partial charge in [0.1, 0.15) is 16.8 Å². The van der Waals surface area contributed by atoms with Crippen LogP contribution < -0.4 is 10.1 Å². The first kappa shape index (κ1) is 14.6. The largest absolute Gasteiger partial charge is 0.481 e. The molecular formula is C13H18ClN5O. The quantitative estimate of drug-likeness (QED) is 0.858. The summed E-state index contributed by atoms with van der Waals surface area (Å²) in [4.78, 5) is 8.33. The highest BCUT2D eigenvalue weighted by molar-refractivity contribution is 6.29. The molecule has 0 spiro atoms. The smallest absolute Gasteiger partial charge is 0.216 e. The maximum Gasteiger partial charge on any atom is 0.216 e. The number of aromatic nitrogens is 4. The van der Waals surface area contributed by atoms with Crippen LogP contribution in [0.15, 0.2) is 6.07 Å². The highest BCUT2D eigenvalue weighted by Gasteiger charge is 2.15. The lowest BCUT2D eigenvalue weighted by molar-refractivity contribution is 0.369. The van der Waals surface area contributed by atoms with Crippen LogP contribution in [0, 0.1) is 6.92 Å². The summed E-state index contributed by atoms with van der Waals surface area (Å²) >= 11 is 5.92. The van der Waals surface area contributed by atoms with Crippen LogP contribution in [0.3, 0.4) is 0 Å². The molecule has 2 aromatic heterocycles. The third kappa shape index (κ3) is 3.01. The first-order valence-electron chi connectivity index (χ1n) is 6.39. The van der Waals surface area contributed by atoms with Crippen molar-refractivity contribution >= 4 is 17.4 Å². The van der Waals surface area contributed by atoms with Gasteiger partial charge in [-0.3, -0.25) is 0 Å². The first-order valence-corrected chi connectivity index (χ1v) is 6.76. The Hall–Kier alpha value is -1.82. The third-order valence-electron chi connectivity index (χ3n) is 2.95. The number of anilines is 1. The van der Waals surface area contributed by atoms with Crippen molar-refractivity contribution in [1.29, 1.82) is 0 Å². The maximum atomic E-state index is 5.92. The Labute approximate surface area is 123 Å².